The maximum absolute atomic E-state index is 9.15. The molecular weight excluding hydrogens is 238 g/mol. The minimum atomic E-state index is -0.342. The summed E-state index contributed by atoms with van der Waals surface area (Å²) in [5.74, 6) is 1.14. The van der Waals surface area contributed by atoms with E-state index in [-0.39, 0.29) is 5.54 Å². The monoisotopic (exact) mass is 261 g/mol. The Morgan fingerprint density at radius 1 is 1.32 bits per heavy atom. The molecule has 0 bridgehead atoms. The molecular formula is C14H23N5. The van der Waals surface area contributed by atoms with Gasteiger partial charge in [0.15, 0.2) is 0 Å². The van der Waals surface area contributed by atoms with Gasteiger partial charge in [-0.2, -0.15) is 5.26 Å². The summed E-state index contributed by atoms with van der Waals surface area (Å²) in [5.41, 5.74) is -0.342. The van der Waals surface area contributed by atoms with E-state index >= 15 is 0 Å². The molecule has 5 nitrogen and oxygen atoms in total. The molecule has 0 unspecified atom stereocenters. The van der Waals surface area contributed by atoms with Gasteiger partial charge in [0.2, 0.25) is 0 Å². The zero-order valence-electron chi connectivity index (χ0n) is 12.1. The van der Waals surface area contributed by atoms with Crippen LogP contribution in [0, 0.1) is 11.3 Å². The summed E-state index contributed by atoms with van der Waals surface area (Å²) in [6.45, 7) is 9.06. The Kier molecular flexibility index (Phi) is 4.23. The Morgan fingerprint density at radius 2 is 2.00 bits per heavy atom. The fourth-order valence-electron chi connectivity index (χ4n) is 2.50. The molecule has 1 aliphatic rings. The third-order valence-corrected chi connectivity index (χ3v) is 4.01. The first kappa shape index (κ1) is 14.0. The van der Waals surface area contributed by atoms with Gasteiger partial charge >= 0.3 is 0 Å². The summed E-state index contributed by atoms with van der Waals surface area (Å²) in [4.78, 5) is 9.08. The lowest BCUT2D eigenvalue weighted by atomic mass is 10.0. The average Bonchev–Trinajstić information content (AvgIpc) is 2.82. The Labute approximate surface area is 115 Å². The van der Waals surface area contributed by atoms with Crippen LogP contribution in [0.5, 0.6) is 0 Å². The maximum atomic E-state index is 9.15. The quantitative estimate of drug-likeness (QED) is 0.807. The fraction of sp³-hybridized carbons (Fsp3) is 0.714. The summed E-state index contributed by atoms with van der Waals surface area (Å²) >= 11 is 0. The smallest absolute Gasteiger partial charge is 0.109 e. The lowest BCUT2D eigenvalue weighted by molar-refractivity contribution is 0.0804. The summed E-state index contributed by atoms with van der Waals surface area (Å²) in [7, 11) is 2.04. The van der Waals surface area contributed by atoms with Gasteiger partial charge in [-0.15, -0.1) is 0 Å². The first-order chi connectivity index (χ1) is 9.03. The Morgan fingerprint density at radius 3 is 2.53 bits per heavy atom. The number of aryl methyl sites for hydroxylation is 1. The van der Waals surface area contributed by atoms with Gasteiger partial charge in [0.05, 0.1) is 6.07 Å². The second-order valence-electron chi connectivity index (χ2n) is 5.70. The standard InChI is InChI=1S/C14H23N5/c1-14(2,12-15)19-10-8-18(9-11-19)6-4-13-16-5-7-17(13)3/h5,7H,4,6,8-11H2,1-3H3. The van der Waals surface area contributed by atoms with Crippen molar-refractivity contribution in [1.82, 2.24) is 19.4 Å². The van der Waals surface area contributed by atoms with Gasteiger partial charge in [0, 0.05) is 58.6 Å². The van der Waals surface area contributed by atoms with Crippen LogP contribution in [0.15, 0.2) is 12.4 Å². The molecule has 0 aliphatic carbocycles. The van der Waals surface area contributed by atoms with Crippen molar-refractivity contribution >= 4 is 0 Å². The molecule has 1 aliphatic heterocycles. The highest BCUT2D eigenvalue weighted by molar-refractivity contribution is 5.03. The Hall–Kier alpha value is -1.38. The van der Waals surface area contributed by atoms with Crippen molar-refractivity contribution in [3.8, 4) is 6.07 Å². The molecule has 1 aromatic heterocycles. The third-order valence-electron chi connectivity index (χ3n) is 4.01. The van der Waals surface area contributed by atoms with Crippen LogP contribution in [-0.2, 0) is 13.5 Å². The summed E-state index contributed by atoms with van der Waals surface area (Å²) in [5, 5.41) is 9.15. The highest BCUT2D eigenvalue weighted by atomic mass is 15.3. The van der Waals surface area contributed by atoms with E-state index in [4.69, 9.17) is 5.26 Å². The number of nitrogens with zero attached hydrogens (tertiary/aromatic N) is 5. The van der Waals surface area contributed by atoms with E-state index < -0.39 is 0 Å². The lowest BCUT2D eigenvalue weighted by Gasteiger charge is -2.40. The van der Waals surface area contributed by atoms with Crippen LogP contribution < -0.4 is 0 Å². The first-order valence-corrected chi connectivity index (χ1v) is 6.88. The van der Waals surface area contributed by atoms with Gasteiger partial charge in [-0.25, -0.2) is 4.98 Å². The molecule has 104 valence electrons. The van der Waals surface area contributed by atoms with Crippen molar-refractivity contribution in [2.45, 2.75) is 25.8 Å². The molecule has 0 radical (unpaired) electrons. The fourth-order valence-corrected chi connectivity index (χ4v) is 2.50. The van der Waals surface area contributed by atoms with Crippen LogP contribution in [0.1, 0.15) is 19.7 Å². The number of aromatic nitrogens is 2. The molecule has 1 aromatic rings. The van der Waals surface area contributed by atoms with Gasteiger partial charge in [0.1, 0.15) is 11.4 Å². The second kappa shape index (κ2) is 5.72. The second-order valence-corrected chi connectivity index (χ2v) is 5.70. The number of hydrogen-bond acceptors (Lipinski definition) is 4. The van der Waals surface area contributed by atoms with Crippen LogP contribution in [-0.4, -0.2) is 57.6 Å². The highest BCUT2D eigenvalue weighted by Crippen LogP contribution is 2.15. The summed E-state index contributed by atoms with van der Waals surface area (Å²) < 4.78 is 2.08. The van der Waals surface area contributed by atoms with E-state index in [1.165, 1.54) is 0 Å². The Balaban J connectivity index is 1.78. The van der Waals surface area contributed by atoms with Crippen LogP contribution in [0.25, 0.3) is 0 Å². The molecule has 0 amide bonds. The van der Waals surface area contributed by atoms with Crippen molar-refractivity contribution in [3.05, 3.63) is 18.2 Å². The topological polar surface area (TPSA) is 48.1 Å². The molecule has 19 heavy (non-hydrogen) atoms. The minimum Gasteiger partial charge on any atom is -0.338 e. The Bertz CT molecular complexity index is 449. The molecule has 2 heterocycles. The predicted octanol–water partition coefficient (Wildman–Crippen LogP) is 0.882. The zero-order chi connectivity index (χ0) is 13.9. The first-order valence-electron chi connectivity index (χ1n) is 6.88. The van der Waals surface area contributed by atoms with E-state index in [1.54, 1.807) is 0 Å². The zero-order valence-corrected chi connectivity index (χ0v) is 12.1. The number of hydrogen-bond donors (Lipinski definition) is 0. The molecule has 2 rings (SSSR count). The molecule has 0 N–H and O–H groups in total. The molecule has 0 aromatic carbocycles. The largest absolute Gasteiger partial charge is 0.338 e. The van der Waals surface area contributed by atoms with Crippen molar-refractivity contribution in [1.29, 1.82) is 5.26 Å². The van der Waals surface area contributed by atoms with Gasteiger partial charge in [-0.3, -0.25) is 4.90 Å². The van der Waals surface area contributed by atoms with E-state index in [9.17, 15) is 0 Å². The number of imidazole rings is 1. The minimum absolute atomic E-state index is 0.342. The highest BCUT2D eigenvalue weighted by Gasteiger charge is 2.29. The van der Waals surface area contributed by atoms with E-state index in [1.807, 2.05) is 33.3 Å². The van der Waals surface area contributed by atoms with Crippen LogP contribution >= 0.6 is 0 Å². The van der Waals surface area contributed by atoms with E-state index in [0.29, 0.717) is 0 Å². The van der Waals surface area contributed by atoms with Gasteiger partial charge in [-0.05, 0) is 13.8 Å². The normalized spacial score (nSPS) is 18.4. The molecule has 1 fully saturated rings. The van der Waals surface area contributed by atoms with Crippen LogP contribution in [0.3, 0.4) is 0 Å². The van der Waals surface area contributed by atoms with Crippen molar-refractivity contribution in [2.24, 2.45) is 7.05 Å². The summed E-state index contributed by atoms with van der Waals surface area (Å²) in [6.07, 6.45) is 4.83. The van der Waals surface area contributed by atoms with Crippen molar-refractivity contribution in [3.63, 3.8) is 0 Å². The SMILES string of the molecule is Cn1ccnc1CCN1CCN(C(C)(C)C#N)CC1. The van der Waals surface area contributed by atoms with E-state index in [0.717, 1.165) is 45.0 Å². The van der Waals surface area contributed by atoms with E-state index in [2.05, 4.69) is 25.4 Å². The van der Waals surface area contributed by atoms with Crippen LogP contribution in [0.2, 0.25) is 0 Å². The van der Waals surface area contributed by atoms with Crippen molar-refractivity contribution in [2.75, 3.05) is 32.7 Å². The maximum Gasteiger partial charge on any atom is 0.109 e. The van der Waals surface area contributed by atoms with Gasteiger partial charge < -0.3 is 9.47 Å². The predicted molar refractivity (Wildman–Crippen MR) is 74.6 cm³/mol. The molecule has 0 saturated carbocycles. The molecule has 0 spiro atoms. The number of rotatable bonds is 4. The number of piperazine rings is 1. The summed E-state index contributed by atoms with van der Waals surface area (Å²) in [6, 6.07) is 2.38. The number of nitriles is 1. The lowest BCUT2D eigenvalue weighted by Crippen LogP contribution is -2.54. The van der Waals surface area contributed by atoms with Crippen LogP contribution in [0.4, 0.5) is 0 Å². The molecule has 0 atom stereocenters. The van der Waals surface area contributed by atoms with Gasteiger partial charge in [0.25, 0.3) is 0 Å². The van der Waals surface area contributed by atoms with Gasteiger partial charge in [-0.1, -0.05) is 0 Å². The van der Waals surface area contributed by atoms with Crippen molar-refractivity contribution < 1.29 is 0 Å². The molecule has 5 heteroatoms. The third kappa shape index (κ3) is 3.34. The molecule has 1 saturated heterocycles. The average molecular weight is 261 g/mol.